The van der Waals surface area contributed by atoms with E-state index < -0.39 is 0 Å². The number of hydrogen-bond donors (Lipinski definition) is 1. The molecule has 5 heteroatoms. The van der Waals surface area contributed by atoms with E-state index in [1.807, 2.05) is 42.5 Å². The molecule has 2 rings (SSSR count). The maximum Gasteiger partial charge on any atom is 0.223 e. The normalized spacial score (nSPS) is 10.2. The Labute approximate surface area is 137 Å². The van der Waals surface area contributed by atoms with Crippen molar-refractivity contribution in [3.63, 3.8) is 0 Å². The van der Waals surface area contributed by atoms with Crippen LogP contribution in [0.4, 0.5) is 0 Å². The van der Waals surface area contributed by atoms with Gasteiger partial charge in [-0.05, 0) is 29.8 Å². The molecule has 0 spiro atoms. The maximum absolute atomic E-state index is 11.7. The zero-order chi connectivity index (χ0) is 15.1. The van der Waals surface area contributed by atoms with Crippen molar-refractivity contribution in [2.24, 2.45) is 0 Å². The molecule has 3 nitrogen and oxygen atoms in total. The molecular formula is C16H15BrClNO2. The molecule has 0 unspecified atom stereocenters. The maximum atomic E-state index is 11.7. The smallest absolute Gasteiger partial charge is 0.223 e. The number of carbonyl (C=O) groups excluding carboxylic acids is 1. The highest BCUT2D eigenvalue weighted by atomic mass is 79.9. The van der Waals surface area contributed by atoms with E-state index in [1.165, 1.54) is 0 Å². The van der Waals surface area contributed by atoms with Gasteiger partial charge in [-0.3, -0.25) is 4.79 Å². The molecule has 2 aromatic carbocycles. The molecule has 0 bridgehead atoms. The van der Waals surface area contributed by atoms with Gasteiger partial charge in [0.2, 0.25) is 5.91 Å². The highest BCUT2D eigenvalue weighted by molar-refractivity contribution is 9.10. The molecule has 0 aliphatic heterocycles. The second-order valence-electron chi connectivity index (χ2n) is 4.42. The lowest BCUT2D eigenvalue weighted by Crippen LogP contribution is -2.24. The lowest BCUT2D eigenvalue weighted by Gasteiger charge is -2.08. The van der Waals surface area contributed by atoms with Crippen LogP contribution in [0.3, 0.4) is 0 Å². The predicted octanol–water partition coefficient (Wildman–Crippen LogP) is 4.19. The van der Waals surface area contributed by atoms with Gasteiger partial charge in [0.25, 0.3) is 0 Å². The molecule has 0 heterocycles. The number of amides is 1. The van der Waals surface area contributed by atoms with Crippen LogP contribution in [0.15, 0.2) is 53.0 Å². The number of benzene rings is 2. The zero-order valence-corrected chi connectivity index (χ0v) is 13.7. The van der Waals surface area contributed by atoms with Crippen molar-refractivity contribution in [2.45, 2.75) is 13.0 Å². The standard InChI is InChI=1S/C16H15BrClNO2/c17-13-5-3-6-14(10-13)21-9-8-16(20)19-11-12-4-1-2-7-15(12)18/h1-7,10H,8-9,11H2,(H,19,20). The monoisotopic (exact) mass is 367 g/mol. The molecule has 0 saturated heterocycles. The van der Waals surface area contributed by atoms with Crippen LogP contribution in [-0.4, -0.2) is 12.5 Å². The Morgan fingerprint density at radius 3 is 2.76 bits per heavy atom. The second-order valence-corrected chi connectivity index (χ2v) is 5.75. The first kappa shape index (κ1) is 15.9. The summed E-state index contributed by atoms with van der Waals surface area (Å²) in [4.78, 5) is 11.7. The lowest BCUT2D eigenvalue weighted by molar-refractivity contribution is -0.121. The summed E-state index contributed by atoms with van der Waals surface area (Å²) in [7, 11) is 0. The van der Waals surface area contributed by atoms with E-state index in [0.29, 0.717) is 24.6 Å². The van der Waals surface area contributed by atoms with Crippen LogP contribution in [0.5, 0.6) is 5.75 Å². The van der Waals surface area contributed by atoms with Crippen LogP contribution >= 0.6 is 27.5 Å². The Kier molecular flexibility index (Phi) is 6.08. The summed E-state index contributed by atoms with van der Waals surface area (Å²) < 4.78 is 6.46. The van der Waals surface area contributed by atoms with E-state index in [9.17, 15) is 4.79 Å². The minimum Gasteiger partial charge on any atom is -0.493 e. The third kappa shape index (κ3) is 5.40. The number of nitrogens with one attached hydrogen (secondary N) is 1. The summed E-state index contributed by atoms with van der Waals surface area (Å²) in [6.07, 6.45) is 0.303. The zero-order valence-electron chi connectivity index (χ0n) is 11.3. The van der Waals surface area contributed by atoms with E-state index in [1.54, 1.807) is 6.07 Å². The Balaban J connectivity index is 1.72. The molecule has 110 valence electrons. The van der Waals surface area contributed by atoms with Gasteiger partial charge in [-0.25, -0.2) is 0 Å². The molecule has 1 amide bonds. The topological polar surface area (TPSA) is 38.3 Å². The lowest BCUT2D eigenvalue weighted by atomic mass is 10.2. The molecule has 2 aromatic rings. The quantitative estimate of drug-likeness (QED) is 0.830. The Bertz CT molecular complexity index is 619. The van der Waals surface area contributed by atoms with Crippen molar-refractivity contribution in [2.75, 3.05) is 6.61 Å². The van der Waals surface area contributed by atoms with E-state index >= 15 is 0 Å². The second kappa shape index (κ2) is 8.05. The number of ether oxygens (including phenoxy) is 1. The van der Waals surface area contributed by atoms with Crippen LogP contribution in [0.1, 0.15) is 12.0 Å². The largest absolute Gasteiger partial charge is 0.493 e. The van der Waals surface area contributed by atoms with Gasteiger partial charge in [-0.1, -0.05) is 51.8 Å². The summed E-state index contributed by atoms with van der Waals surface area (Å²) in [6.45, 7) is 0.764. The van der Waals surface area contributed by atoms with Gasteiger partial charge < -0.3 is 10.1 Å². The first-order valence-electron chi connectivity index (χ1n) is 6.53. The van der Waals surface area contributed by atoms with Crippen LogP contribution < -0.4 is 10.1 Å². The molecule has 0 saturated carbocycles. The van der Waals surface area contributed by atoms with Crippen molar-refractivity contribution in [3.05, 3.63) is 63.6 Å². The first-order chi connectivity index (χ1) is 10.1. The van der Waals surface area contributed by atoms with Gasteiger partial charge in [0.1, 0.15) is 5.75 Å². The van der Waals surface area contributed by atoms with Crippen molar-refractivity contribution in [1.82, 2.24) is 5.32 Å². The summed E-state index contributed by atoms with van der Waals surface area (Å²) in [5, 5.41) is 3.48. The van der Waals surface area contributed by atoms with E-state index in [-0.39, 0.29) is 5.91 Å². The van der Waals surface area contributed by atoms with Crippen molar-refractivity contribution >= 4 is 33.4 Å². The predicted molar refractivity (Wildman–Crippen MR) is 87.6 cm³/mol. The van der Waals surface area contributed by atoms with Crippen LogP contribution in [0, 0.1) is 0 Å². The highest BCUT2D eigenvalue weighted by Gasteiger charge is 2.04. The molecule has 1 N–H and O–H groups in total. The number of halogens is 2. The number of hydrogen-bond acceptors (Lipinski definition) is 2. The Hall–Kier alpha value is -1.52. The SMILES string of the molecule is O=C(CCOc1cccc(Br)c1)NCc1ccccc1Cl. The first-order valence-corrected chi connectivity index (χ1v) is 7.71. The number of carbonyl (C=O) groups is 1. The minimum absolute atomic E-state index is 0.0649. The summed E-state index contributed by atoms with van der Waals surface area (Å²) in [6, 6.07) is 15.0. The van der Waals surface area contributed by atoms with Crippen molar-refractivity contribution in [1.29, 1.82) is 0 Å². The summed E-state index contributed by atoms with van der Waals surface area (Å²) in [5.74, 6) is 0.674. The minimum atomic E-state index is -0.0649. The fraction of sp³-hybridized carbons (Fsp3) is 0.188. The van der Waals surface area contributed by atoms with Gasteiger partial charge in [0.15, 0.2) is 0 Å². The fourth-order valence-electron chi connectivity index (χ4n) is 1.74. The molecule has 0 aliphatic rings. The van der Waals surface area contributed by atoms with Gasteiger partial charge in [0.05, 0.1) is 13.0 Å². The Morgan fingerprint density at radius 1 is 1.19 bits per heavy atom. The van der Waals surface area contributed by atoms with E-state index in [2.05, 4.69) is 21.2 Å². The average Bonchev–Trinajstić information content (AvgIpc) is 2.46. The third-order valence-corrected chi connectivity index (χ3v) is 3.69. The van der Waals surface area contributed by atoms with Crippen LogP contribution in [0.25, 0.3) is 0 Å². The molecule has 0 fully saturated rings. The number of rotatable bonds is 6. The molecule has 21 heavy (non-hydrogen) atoms. The third-order valence-electron chi connectivity index (χ3n) is 2.83. The molecule has 0 radical (unpaired) electrons. The van der Waals surface area contributed by atoms with Crippen LogP contribution in [0.2, 0.25) is 5.02 Å². The van der Waals surface area contributed by atoms with E-state index in [0.717, 1.165) is 15.8 Å². The van der Waals surface area contributed by atoms with Crippen molar-refractivity contribution < 1.29 is 9.53 Å². The fourth-order valence-corrected chi connectivity index (χ4v) is 2.32. The van der Waals surface area contributed by atoms with Gasteiger partial charge >= 0.3 is 0 Å². The van der Waals surface area contributed by atoms with Gasteiger partial charge in [-0.2, -0.15) is 0 Å². The molecular weight excluding hydrogens is 354 g/mol. The molecule has 0 atom stereocenters. The summed E-state index contributed by atoms with van der Waals surface area (Å²) in [5.41, 5.74) is 0.903. The average molecular weight is 369 g/mol. The van der Waals surface area contributed by atoms with Crippen molar-refractivity contribution in [3.8, 4) is 5.75 Å². The van der Waals surface area contributed by atoms with Crippen LogP contribution in [-0.2, 0) is 11.3 Å². The van der Waals surface area contributed by atoms with Gasteiger partial charge in [-0.15, -0.1) is 0 Å². The molecule has 0 aliphatic carbocycles. The molecule has 0 aromatic heterocycles. The Morgan fingerprint density at radius 2 is 2.00 bits per heavy atom. The highest BCUT2D eigenvalue weighted by Crippen LogP contribution is 2.18. The van der Waals surface area contributed by atoms with E-state index in [4.69, 9.17) is 16.3 Å². The summed E-state index contributed by atoms with van der Waals surface area (Å²) >= 11 is 9.40. The van der Waals surface area contributed by atoms with Gasteiger partial charge in [0, 0.05) is 16.0 Å².